The van der Waals surface area contributed by atoms with E-state index in [9.17, 15) is 9.59 Å². The van der Waals surface area contributed by atoms with E-state index in [1.54, 1.807) is 6.20 Å². The number of carbonyl (C=O) groups excluding carboxylic acids is 2. The fourth-order valence-corrected chi connectivity index (χ4v) is 3.50. The Labute approximate surface area is 131 Å². The molecule has 22 heavy (non-hydrogen) atoms. The summed E-state index contributed by atoms with van der Waals surface area (Å²) < 4.78 is 0. The zero-order valence-electron chi connectivity index (χ0n) is 12.8. The predicted molar refractivity (Wildman–Crippen MR) is 83.0 cm³/mol. The van der Waals surface area contributed by atoms with Gasteiger partial charge in [0.15, 0.2) is 0 Å². The molecule has 0 radical (unpaired) electrons. The van der Waals surface area contributed by atoms with Gasteiger partial charge in [-0.3, -0.25) is 14.6 Å². The molecule has 1 N–H and O–H groups in total. The van der Waals surface area contributed by atoms with Crippen molar-refractivity contribution in [2.45, 2.75) is 44.6 Å². The summed E-state index contributed by atoms with van der Waals surface area (Å²) in [6, 6.07) is 4.27. The number of aromatic nitrogens is 1. The summed E-state index contributed by atoms with van der Waals surface area (Å²) in [4.78, 5) is 30.3. The number of rotatable bonds is 5. The van der Waals surface area contributed by atoms with Crippen LogP contribution in [0.15, 0.2) is 24.5 Å². The summed E-state index contributed by atoms with van der Waals surface area (Å²) in [6.07, 6.45) is 9.30. The van der Waals surface area contributed by atoms with Gasteiger partial charge in [0, 0.05) is 37.9 Å². The molecule has 0 unspecified atom stereocenters. The number of likely N-dealkylation sites (tertiary alicyclic amines) is 1. The molecular weight excluding hydrogens is 278 g/mol. The number of hydrogen-bond donors (Lipinski definition) is 1. The van der Waals surface area contributed by atoms with Gasteiger partial charge in [0.25, 0.3) is 0 Å². The minimum Gasteiger partial charge on any atom is -0.355 e. The maximum atomic E-state index is 12.2. The molecule has 5 heteroatoms. The number of amides is 2. The van der Waals surface area contributed by atoms with E-state index in [0.717, 1.165) is 24.8 Å². The molecule has 0 spiro atoms. The average molecular weight is 301 g/mol. The Kier molecular flexibility index (Phi) is 4.71. The first-order chi connectivity index (χ1) is 10.7. The monoisotopic (exact) mass is 301 g/mol. The summed E-state index contributed by atoms with van der Waals surface area (Å²) in [5.74, 6) is -0.0148. The standard InChI is InChI=1S/C17H23N3O2/c21-16-10-14(12-20(16)15-5-1-2-6-15)17(22)19-9-7-13-4-3-8-18-11-13/h3-4,8,11,14-15H,1-2,5-7,9-10,12H2,(H,19,22)/t14-/m1/s1. The predicted octanol–water partition coefficient (Wildman–Crippen LogP) is 1.53. The average Bonchev–Trinajstić information content (AvgIpc) is 3.17. The molecule has 1 saturated heterocycles. The highest BCUT2D eigenvalue weighted by Gasteiger charge is 2.38. The second-order valence-corrected chi connectivity index (χ2v) is 6.29. The molecule has 3 rings (SSSR count). The van der Waals surface area contributed by atoms with Crippen LogP contribution in [-0.2, 0) is 16.0 Å². The molecule has 2 heterocycles. The van der Waals surface area contributed by atoms with Crippen molar-refractivity contribution in [1.29, 1.82) is 0 Å². The van der Waals surface area contributed by atoms with Crippen LogP contribution in [0.4, 0.5) is 0 Å². The van der Waals surface area contributed by atoms with E-state index >= 15 is 0 Å². The fourth-order valence-electron chi connectivity index (χ4n) is 3.50. The number of carbonyl (C=O) groups is 2. The minimum absolute atomic E-state index is 0.0118. The highest BCUT2D eigenvalue weighted by atomic mass is 16.2. The Bertz CT molecular complexity index is 526. The van der Waals surface area contributed by atoms with E-state index in [1.165, 1.54) is 12.8 Å². The van der Waals surface area contributed by atoms with Crippen molar-refractivity contribution in [1.82, 2.24) is 15.2 Å². The van der Waals surface area contributed by atoms with Crippen LogP contribution in [0, 0.1) is 5.92 Å². The van der Waals surface area contributed by atoms with Crippen molar-refractivity contribution in [2.75, 3.05) is 13.1 Å². The smallest absolute Gasteiger partial charge is 0.225 e. The second-order valence-electron chi connectivity index (χ2n) is 6.29. The van der Waals surface area contributed by atoms with Crippen molar-refractivity contribution in [3.63, 3.8) is 0 Å². The number of pyridine rings is 1. The van der Waals surface area contributed by atoms with Crippen LogP contribution in [0.5, 0.6) is 0 Å². The number of hydrogen-bond acceptors (Lipinski definition) is 3. The van der Waals surface area contributed by atoms with Gasteiger partial charge < -0.3 is 10.2 Å². The van der Waals surface area contributed by atoms with Crippen LogP contribution in [0.1, 0.15) is 37.7 Å². The van der Waals surface area contributed by atoms with Crippen molar-refractivity contribution in [3.8, 4) is 0 Å². The van der Waals surface area contributed by atoms with Gasteiger partial charge in [0.1, 0.15) is 0 Å². The third-order valence-corrected chi connectivity index (χ3v) is 4.73. The Hall–Kier alpha value is -1.91. The van der Waals surface area contributed by atoms with Gasteiger partial charge in [-0.15, -0.1) is 0 Å². The molecular formula is C17H23N3O2. The third-order valence-electron chi connectivity index (χ3n) is 4.73. The van der Waals surface area contributed by atoms with Crippen molar-refractivity contribution >= 4 is 11.8 Å². The Morgan fingerprint density at radius 2 is 2.18 bits per heavy atom. The van der Waals surface area contributed by atoms with E-state index in [2.05, 4.69) is 10.3 Å². The molecule has 2 amide bonds. The van der Waals surface area contributed by atoms with Crippen LogP contribution < -0.4 is 5.32 Å². The molecule has 2 aliphatic rings. The first-order valence-corrected chi connectivity index (χ1v) is 8.20. The second kappa shape index (κ2) is 6.90. The Morgan fingerprint density at radius 3 is 2.91 bits per heavy atom. The van der Waals surface area contributed by atoms with Crippen LogP contribution in [0.3, 0.4) is 0 Å². The first-order valence-electron chi connectivity index (χ1n) is 8.20. The SMILES string of the molecule is O=C(NCCc1cccnc1)[C@@H]1CC(=O)N(C2CCCC2)C1. The highest BCUT2D eigenvalue weighted by Crippen LogP contribution is 2.29. The molecule has 1 aromatic heterocycles. The van der Waals surface area contributed by atoms with Gasteiger partial charge >= 0.3 is 0 Å². The van der Waals surface area contributed by atoms with Gasteiger partial charge in [-0.25, -0.2) is 0 Å². The van der Waals surface area contributed by atoms with E-state index in [4.69, 9.17) is 0 Å². The lowest BCUT2D eigenvalue weighted by Gasteiger charge is -2.23. The summed E-state index contributed by atoms with van der Waals surface area (Å²) in [5, 5.41) is 2.96. The molecule has 0 aromatic carbocycles. The third kappa shape index (κ3) is 3.46. The fraction of sp³-hybridized carbons (Fsp3) is 0.588. The van der Waals surface area contributed by atoms with Crippen molar-refractivity contribution in [3.05, 3.63) is 30.1 Å². The highest BCUT2D eigenvalue weighted by molar-refractivity contribution is 5.89. The van der Waals surface area contributed by atoms with Gasteiger partial charge in [0.05, 0.1) is 5.92 Å². The summed E-state index contributed by atoms with van der Waals surface area (Å²) in [5.41, 5.74) is 1.11. The van der Waals surface area contributed by atoms with E-state index in [1.807, 2.05) is 23.2 Å². The van der Waals surface area contributed by atoms with Crippen LogP contribution >= 0.6 is 0 Å². The van der Waals surface area contributed by atoms with Gasteiger partial charge in [-0.2, -0.15) is 0 Å². The number of nitrogens with one attached hydrogen (secondary N) is 1. The molecule has 1 saturated carbocycles. The summed E-state index contributed by atoms with van der Waals surface area (Å²) >= 11 is 0. The van der Waals surface area contributed by atoms with E-state index in [-0.39, 0.29) is 17.7 Å². The van der Waals surface area contributed by atoms with E-state index < -0.39 is 0 Å². The van der Waals surface area contributed by atoms with Gasteiger partial charge in [0.2, 0.25) is 11.8 Å². The summed E-state index contributed by atoms with van der Waals surface area (Å²) in [7, 11) is 0. The maximum Gasteiger partial charge on any atom is 0.225 e. The molecule has 2 fully saturated rings. The molecule has 1 aliphatic carbocycles. The van der Waals surface area contributed by atoms with Crippen LogP contribution in [-0.4, -0.2) is 40.8 Å². The van der Waals surface area contributed by atoms with Crippen molar-refractivity contribution in [2.24, 2.45) is 5.92 Å². The minimum atomic E-state index is -0.179. The summed E-state index contributed by atoms with van der Waals surface area (Å²) in [6.45, 7) is 1.20. The van der Waals surface area contributed by atoms with Crippen molar-refractivity contribution < 1.29 is 9.59 Å². The van der Waals surface area contributed by atoms with Gasteiger partial charge in [-0.05, 0) is 30.9 Å². The van der Waals surface area contributed by atoms with Gasteiger partial charge in [-0.1, -0.05) is 18.9 Å². The molecule has 0 bridgehead atoms. The first kappa shape index (κ1) is 15.0. The molecule has 118 valence electrons. The lowest BCUT2D eigenvalue weighted by Crippen LogP contribution is -2.37. The molecule has 1 aromatic rings. The maximum absolute atomic E-state index is 12.2. The van der Waals surface area contributed by atoms with Crippen LogP contribution in [0.2, 0.25) is 0 Å². The topological polar surface area (TPSA) is 62.3 Å². The molecule has 1 aliphatic heterocycles. The Balaban J connectivity index is 1.45. The zero-order valence-corrected chi connectivity index (χ0v) is 12.8. The molecule has 5 nitrogen and oxygen atoms in total. The Morgan fingerprint density at radius 1 is 1.36 bits per heavy atom. The largest absolute Gasteiger partial charge is 0.355 e. The van der Waals surface area contributed by atoms with Crippen LogP contribution in [0.25, 0.3) is 0 Å². The lowest BCUT2D eigenvalue weighted by atomic mass is 10.1. The zero-order chi connectivity index (χ0) is 15.4. The normalized spacial score (nSPS) is 22.3. The molecule has 1 atom stereocenters. The lowest BCUT2D eigenvalue weighted by molar-refractivity contribution is -0.130. The quantitative estimate of drug-likeness (QED) is 0.897. The van der Waals surface area contributed by atoms with E-state index in [0.29, 0.717) is 25.6 Å². The number of nitrogens with zero attached hydrogens (tertiary/aromatic N) is 2.